The maximum absolute atomic E-state index is 13.3. The molecular formula is C15H14BrF2NO. The van der Waals surface area contributed by atoms with E-state index in [1.54, 1.807) is 0 Å². The van der Waals surface area contributed by atoms with Crippen molar-refractivity contribution in [3.8, 4) is 5.75 Å². The van der Waals surface area contributed by atoms with Crippen molar-refractivity contribution in [2.75, 3.05) is 13.2 Å². The Hall–Kier alpha value is -1.46. The van der Waals surface area contributed by atoms with E-state index < -0.39 is 11.6 Å². The van der Waals surface area contributed by atoms with Gasteiger partial charge in [0.2, 0.25) is 0 Å². The van der Waals surface area contributed by atoms with Crippen LogP contribution in [0.1, 0.15) is 5.56 Å². The zero-order chi connectivity index (χ0) is 14.4. The third-order valence-corrected chi connectivity index (χ3v) is 3.22. The Kier molecular flexibility index (Phi) is 5.49. The smallest absolute Gasteiger partial charge is 0.130 e. The number of benzene rings is 2. The standard InChI is InChI=1S/C15H14BrF2NO/c16-12-2-5-14(6-3-12)20-8-7-19-10-11-1-4-13(17)9-15(11)18/h1-6,9,19H,7-8,10H2. The molecule has 0 fully saturated rings. The van der Waals surface area contributed by atoms with Gasteiger partial charge in [0.15, 0.2) is 0 Å². The summed E-state index contributed by atoms with van der Waals surface area (Å²) in [5, 5.41) is 3.05. The Morgan fingerprint density at radius 1 is 1.05 bits per heavy atom. The fourth-order valence-corrected chi connectivity index (χ4v) is 1.92. The minimum atomic E-state index is -0.565. The van der Waals surface area contributed by atoms with Crippen LogP contribution in [0.4, 0.5) is 8.78 Å². The van der Waals surface area contributed by atoms with Gasteiger partial charge in [0, 0.05) is 29.2 Å². The largest absolute Gasteiger partial charge is 0.492 e. The highest BCUT2D eigenvalue weighted by molar-refractivity contribution is 9.10. The monoisotopic (exact) mass is 341 g/mol. The van der Waals surface area contributed by atoms with Crippen LogP contribution in [-0.4, -0.2) is 13.2 Å². The van der Waals surface area contributed by atoms with Gasteiger partial charge in [0.1, 0.15) is 24.0 Å². The molecule has 0 amide bonds. The number of halogens is 3. The lowest BCUT2D eigenvalue weighted by atomic mass is 10.2. The maximum Gasteiger partial charge on any atom is 0.130 e. The molecule has 2 nitrogen and oxygen atoms in total. The molecule has 0 aliphatic carbocycles. The summed E-state index contributed by atoms with van der Waals surface area (Å²) in [7, 11) is 0. The van der Waals surface area contributed by atoms with Crippen LogP contribution in [-0.2, 0) is 6.54 Å². The molecule has 5 heteroatoms. The van der Waals surface area contributed by atoms with Gasteiger partial charge in [-0.1, -0.05) is 22.0 Å². The zero-order valence-corrected chi connectivity index (χ0v) is 12.3. The summed E-state index contributed by atoms with van der Waals surface area (Å²) in [5.41, 5.74) is 0.440. The normalized spacial score (nSPS) is 10.6. The second-order valence-corrected chi connectivity index (χ2v) is 5.13. The molecule has 2 rings (SSSR count). The van der Waals surface area contributed by atoms with Crippen molar-refractivity contribution in [2.24, 2.45) is 0 Å². The van der Waals surface area contributed by atoms with E-state index in [0.717, 1.165) is 16.3 Å². The molecule has 20 heavy (non-hydrogen) atoms. The first-order chi connectivity index (χ1) is 9.65. The number of nitrogens with one attached hydrogen (secondary N) is 1. The molecule has 0 saturated carbocycles. The minimum Gasteiger partial charge on any atom is -0.492 e. The average molecular weight is 342 g/mol. The quantitative estimate of drug-likeness (QED) is 0.804. The number of rotatable bonds is 6. The Balaban J connectivity index is 1.70. The van der Waals surface area contributed by atoms with Crippen LogP contribution in [0.3, 0.4) is 0 Å². The predicted octanol–water partition coefficient (Wildman–Crippen LogP) is 3.90. The Labute approximate surface area is 124 Å². The molecule has 0 bridgehead atoms. The SMILES string of the molecule is Fc1ccc(CNCCOc2ccc(Br)cc2)c(F)c1. The first kappa shape index (κ1) is 14.9. The van der Waals surface area contributed by atoms with Gasteiger partial charge in [0.25, 0.3) is 0 Å². The summed E-state index contributed by atoms with van der Waals surface area (Å²) < 4.78 is 32.6. The van der Waals surface area contributed by atoms with Crippen molar-refractivity contribution in [3.05, 3.63) is 64.1 Å². The summed E-state index contributed by atoms with van der Waals surface area (Å²) in [6, 6.07) is 11.1. The van der Waals surface area contributed by atoms with E-state index in [1.165, 1.54) is 12.1 Å². The number of ether oxygens (including phenoxy) is 1. The van der Waals surface area contributed by atoms with Gasteiger partial charge in [-0.3, -0.25) is 0 Å². The van der Waals surface area contributed by atoms with Gasteiger partial charge in [-0.15, -0.1) is 0 Å². The van der Waals surface area contributed by atoms with Crippen molar-refractivity contribution < 1.29 is 13.5 Å². The van der Waals surface area contributed by atoms with Crippen molar-refractivity contribution >= 4 is 15.9 Å². The van der Waals surface area contributed by atoms with E-state index in [2.05, 4.69) is 21.2 Å². The molecular weight excluding hydrogens is 328 g/mol. The fourth-order valence-electron chi connectivity index (χ4n) is 1.66. The lowest BCUT2D eigenvalue weighted by Crippen LogP contribution is -2.21. The van der Waals surface area contributed by atoms with Crippen molar-refractivity contribution in [2.45, 2.75) is 6.54 Å². The van der Waals surface area contributed by atoms with Crippen LogP contribution in [0.2, 0.25) is 0 Å². The first-order valence-corrected chi connectivity index (χ1v) is 6.97. The van der Waals surface area contributed by atoms with Crippen LogP contribution in [0, 0.1) is 11.6 Å². The molecule has 0 saturated heterocycles. The van der Waals surface area contributed by atoms with Gasteiger partial charge in [0.05, 0.1) is 0 Å². The van der Waals surface area contributed by atoms with Gasteiger partial charge >= 0.3 is 0 Å². The van der Waals surface area contributed by atoms with E-state index in [4.69, 9.17) is 4.74 Å². The fraction of sp³-hybridized carbons (Fsp3) is 0.200. The van der Waals surface area contributed by atoms with Crippen LogP contribution < -0.4 is 10.1 Å². The molecule has 0 aliphatic heterocycles. The number of hydrogen-bond acceptors (Lipinski definition) is 2. The molecule has 0 aliphatic rings. The topological polar surface area (TPSA) is 21.3 Å². The van der Waals surface area contributed by atoms with Crippen molar-refractivity contribution in [1.82, 2.24) is 5.32 Å². The molecule has 0 unspecified atom stereocenters. The predicted molar refractivity (Wildman–Crippen MR) is 77.7 cm³/mol. The molecule has 2 aromatic carbocycles. The van der Waals surface area contributed by atoms with Gasteiger partial charge in [-0.25, -0.2) is 8.78 Å². The lowest BCUT2D eigenvalue weighted by Gasteiger charge is -2.08. The van der Waals surface area contributed by atoms with Crippen LogP contribution >= 0.6 is 15.9 Å². The molecule has 0 radical (unpaired) electrons. The summed E-state index contributed by atoms with van der Waals surface area (Å²) in [6.45, 7) is 1.40. The molecule has 106 valence electrons. The third kappa shape index (κ3) is 4.58. The van der Waals surface area contributed by atoms with Crippen LogP contribution in [0.15, 0.2) is 46.9 Å². The Bertz CT molecular complexity index is 560. The van der Waals surface area contributed by atoms with Gasteiger partial charge < -0.3 is 10.1 Å². The maximum atomic E-state index is 13.3. The van der Waals surface area contributed by atoms with E-state index in [9.17, 15) is 8.78 Å². The zero-order valence-electron chi connectivity index (χ0n) is 10.7. The molecule has 0 atom stereocenters. The Morgan fingerprint density at radius 2 is 1.80 bits per heavy atom. The minimum absolute atomic E-state index is 0.343. The summed E-state index contributed by atoms with van der Waals surface area (Å²) >= 11 is 3.35. The molecule has 0 heterocycles. The third-order valence-electron chi connectivity index (χ3n) is 2.69. The molecule has 1 N–H and O–H groups in total. The summed E-state index contributed by atoms with van der Waals surface area (Å²) in [4.78, 5) is 0. The number of hydrogen-bond donors (Lipinski definition) is 1. The van der Waals surface area contributed by atoms with E-state index in [1.807, 2.05) is 24.3 Å². The lowest BCUT2D eigenvalue weighted by molar-refractivity contribution is 0.313. The molecule has 2 aromatic rings. The first-order valence-electron chi connectivity index (χ1n) is 6.18. The van der Waals surface area contributed by atoms with Crippen LogP contribution in [0.25, 0.3) is 0 Å². The summed E-state index contributed by atoms with van der Waals surface area (Å²) in [5.74, 6) is -0.320. The van der Waals surface area contributed by atoms with E-state index in [-0.39, 0.29) is 0 Å². The van der Waals surface area contributed by atoms with E-state index in [0.29, 0.717) is 25.3 Å². The van der Waals surface area contributed by atoms with Crippen molar-refractivity contribution in [1.29, 1.82) is 0 Å². The highest BCUT2D eigenvalue weighted by Crippen LogP contribution is 2.15. The molecule has 0 aromatic heterocycles. The van der Waals surface area contributed by atoms with Crippen molar-refractivity contribution in [3.63, 3.8) is 0 Å². The Morgan fingerprint density at radius 3 is 2.50 bits per heavy atom. The van der Waals surface area contributed by atoms with Gasteiger partial charge in [-0.2, -0.15) is 0 Å². The highest BCUT2D eigenvalue weighted by Gasteiger charge is 2.02. The van der Waals surface area contributed by atoms with Gasteiger partial charge in [-0.05, 0) is 30.3 Å². The second kappa shape index (κ2) is 7.36. The average Bonchev–Trinajstić information content (AvgIpc) is 2.42. The van der Waals surface area contributed by atoms with E-state index >= 15 is 0 Å². The summed E-state index contributed by atoms with van der Waals surface area (Å²) in [6.07, 6.45) is 0. The second-order valence-electron chi connectivity index (χ2n) is 4.21. The molecule has 0 spiro atoms. The van der Waals surface area contributed by atoms with Crippen LogP contribution in [0.5, 0.6) is 5.75 Å². The highest BCUT2D eigenvalue weighted by atomic mass is 79.9.